The van der Waals surface area contributed by atoms with Gasteiger partial charge < -0.3 is 33.6 Å². The van der Waals surface area contributed by atoms with Gasteiger partial charge in [0.2, 0.25) is 11.8 Å². The lowest BCUT2D eigenvalue weighted by atomic mass is 9.87. The van der Waals surface area contributed by atoms with Gasteiger partial charge in [0.25, 0.3) is 0 Å². The van der Waals surface area contributed by atoms with Gasteiger partial charge in [0.05, 0.1) is 33.0 Å². The van der Waals surface area contributed by atoms with Crippen LogP contribution in [-0.4, -0.2) is 173 Å². The summed E-state index contributed by atoms with van der Waals surface area (Å²) in [5.74, 6) is 3.21. The fourth-order valence-electron chi connectivity index (χ4n) is 7.83. The van der Waals surface area contributed by atoms with Crippen molar-refractivity contribution in [2.45, 2.75) is 105 Å². The maximum Gasteiger partial charge on any atom is 0.248 e. The van der Waals surface area contributed by atoms with Gasteiger partial charge in [-0.3, -0.25) is 19.4 Å². The molecule has 0 aromatic heterocycles. The molecule has 4 rings (SSSR count). The van der Waals surface area contributed by atoms with E-state index in [-0.39, 0.29) is 25.0 Å². The van der Waals surface area contributed by atoms with Crippen molar-refractivity contribution in [2.24, 2.45) is 23.7 Å². The fraction of sp³-hybridized carbons (Fsp3) is 0.951. The second-order valence-corrected chi connectivity index (χ2v) is 16.5. The Morgan fingerprint density at radius 3 is 1.50 bits per heavy atom. The molecule has 11 heteroatoms. The SMILES string of the molecule is CC(C)C1CCN(C(=O)COCCOCCN2CCN(C(C)C)CC2)CC1.CCC1CCN(C(=O)COCCOCC2CCN(C(C)C)CC2)CC1. The van der Waals surface area contributed by atoms with Crippen molar-refractivity contribution in [1.82, 2.24) is 24.5 Å². The van der Waals surface area contributed by atoms with Gasteiger partial charge in [-0.25, -0.2) is 0 Å². The van der Waals surface area contributed by atoms with Crippen LogP contribution in [-0.2, 0) is 28.5 Å². The minimum Gasteiger partial charge on any atom is -0.379 e. The summed E-state index contributed by atoms with van der Waals surface area (Å²) in [7, 11) is 0. The number of carbonyl (C=O) groups excluding carboxylic acids is 2. The van der Waals surface area contributed by atoms with Crippen molar-refractivity contribution in [3.8, 4) is 0 Å². The molecule has 304 valence electrons. The van der Waals surface area contributed by atoms with Crippen LogP contribution in [0.2, 0.25) is 0 Å². The maximum atomic E-state index is 12.2. The highest BCUT2D eigenvalue weighted by Gasteiger charge is 2.25. The zero-order chi connectivity index (χ0) is 37.7. The van der Waals surface area contributed by atoms with Crippen molar-refractivity contribution in [3.63, 3.8) is 0 Å². The molecular formula is C41H79N5O6. The first-order valence-corrected chi connectivity index (χ1v) is 21.1. The fourth-order valence-corrected chi connectivity index (χ4v) is 7.83. The smallest absolute Gasteiger partial charge is 0.248 e. The summed E-state index contributed by atoms with van der Waals surface area (Å²) in [5, 5.41) is 0. The summed E-state index contributed by atoms with van der Waals surface area (Å²) >= 11 is 0. The Labute approximate surface area is 318 Å². The number of piperazine rings is 1. The maximum absolute atomic E-state index is 12.2. The Bertz CT molecular complexity index is 938. The van der Waals surface area contributed by atoms with Crippen LogP contribution in [0.1, 0.15) is 93.4 Å². The average molecular weight is 738 g/mol. The summed E-state index contributed by atoms with van der Waals surface area (Å²) in [5.41, 5.74) is 0. The summed E-state index contributed by atoms with van der Waals surface area (Å²) in [6.07, 6.45) is 8.21. The molecule has 0 saturated carbocycles. The van der Waals surface area contributed by atoms with Gasteiger partial charge in [0, 0.05) is 77.6 Å². The van der Waals surface area contributed by atoms with E-state index in [2.05, 4.69) is 63.2 Å². The molecule has 0 bridgehead atoms. The lowest BCUT2D eigenvalue weighted by molar-refractivity contribution is -0.138. The first-order chi connectivity index (χ1) is 25.1. The standard InChI is InChI=1S/C21H41N3O3.C20H38N2O3/c1-18(2)20-5-7-24(8-6-20)21(25)17-27-16-15-26-14-13-22-9-11-23(12-10-22)19(3)4;1-4-18-5-11-22(12-6-18)20(23)16-25-14-13-24-15-19-7-9-21(10-8-19)17(2)3/h18-20H,5-17H2,1-4H3;17-19H,4-16H2,1-3H3. The predicted octanol–water partition coefficient (Wildman–Crippen LogP) is 4.73. The number of rotatable bonds is 19. The summed E-state index contributed by atoms with van der Waals surface area (Å²) in [6.45, 7) is 31.4. The van der Waals surface area contributed by atoms with Crippen LogP contribution in [0.5, 0.6) is 0 Å². The van der Waals surface area contributed by atoms with E-state index >= 15 is 0 Å². The van der Waals surface area contributed by atoms with Crippen molar-refractivity contribution in [1.29, 1.82) is 0 Å². The van der Waals surface area contributed by atoms with E-state index in [9.17, 15) is 9.59 Å². The highest BCUT2D eigenvalue weighted by Crippen LogP contribution is 2.24. The lowest BCUT2D eigenvalue weighted by Crippen LogP contribution is -2.49. The molecule has 4 saturated heterocycles. The second-order valence-electron chi connectivity index (χ2n) is 16.5. The highest BCUT2D eigenvalue weighted by molar-refractivity contribution is 5.77. The Hall–Kier alpha value is -1.34. The number of likely N-dealkylation sites (tertiary alicyclic amines) is 3. The molecule has 0 radical (unpaired) electrons. The largest absolute Gasteiger partial charge is 0.379 e. The number of piperidine rings is 3. The van der Waals surface area contributed by atoms with Crippen LogP contribution in [0.25, 0.3) is 0 Å². The Balaban J connectivity index is 0.000000281. The monoisotopic (exact) mass is 738 g/mol. The zero-order valence-corrected chi connectivity index (χ0v) is 34.5. The lowest BCUT2D eigenvalue weighted by Gasteiger charge is -2.36. The normalized spacial score (nSPS) is 21.0. The van der Waals surface area contributed by atoms with E-state index in [1.54, 1.807) is 0 Å². The molecule has 0 spiro atoms. The van der Waals surface area contributed by atoms with E-state index in [4.69, 9.17) is 18.9 Å². The van der Waals surface area contributed by atoms with Crippen LogP contribution in [0, 0.1) is 23.7 Å². The summed E-state index contributed by atoms with van der Waals surface area (Å²) in [4.78, 5) is 35.7. The number of nitrogens with zero attached hydrogens (tertiary/aromatic N) is 5. The number of hydrogen-bond donors (Lipinski definition) is 0. The predicted molar refractivity (Wildman–Crippen MR) is 210 cm³/mol. The van der Waals surface area contributed by atoms with E-state index in [1.165, 1.54) is 32.4 Å². The van der Waals surface area contributed by atoms with Gasteiger partial charge in [0.15, 0.2) is 0 Å². The van der Waals surface area contributed by atoms with Gasteiger partial charge in [-0.05, 0) is 103 Å². The third-order valence-corrected chi connectivity index (χ3v) is 12.0. The summed E-state index contributed by atoms with van der Waals surface area (Å²) < 4.78 is 22.5. The molecule has 2 amide bonds. The van der Waals surface area contributed by atoms with Gasteiger partial charge >= 0.3 is 0 Å². The van der Waals surface area contributed by atoms with Crippen LogP contribution in [0.3, 0.4) is 0 Å². The van der Waals surface area contributed by atoms with Crippen molar-refractivity contribution in [3.05, 3.63) is 0 Å². The molecular weight excluding hydrogens is 658 g/mol. The number of hydrogen-bond acceptors (Lipinski definition) is 9. The van der Waals surface area contributed by atoms with Crippen molar-refractivity contribution in [2.75, 3.05) is 125 Å². The quantitative estimate of drug-likeness (QED) is 0.175. The van der Waals surface area contributed by atoms with Gasteiger partial charge in [-0.15, -0.1) is 0 Å². The Morgan fingerprint density at radius 2 is 1.00 bits per heavy atom. The summed E-state index contributed by atoms with van der Waals surface area (Å²) in [6, 6.07) is 1.30. The molecule has 0 atom stereocenters. The van der Waals surface area contributed by atoms with Crippen LogP contribution in [0.4, 0.5) is 0 Å². The third kappa shape index (κ3) is 17.4. The third-order valence-electron chi connectivity index (χ3n) is 12.0. The first kappa shape index (κ1) is 45.1. The van der Waals surface area contributed by atoms with E-state index < -0.39 is 0 Å². The molecule has 0 aromatic rings. The molecule has 4 fully saturated rings. The topological polar surface area (TPSA) is 87.3 Å². The minimum absolute atomic E-state index is 0.125. The molecule has 0 aromatic carbocycles. The van der Waals surface area contributed by atoms with E-state index in [0.29, 0.717) is 44.4 Å². The first-order valence-electron chi connectivity index (χ1n) is 21.1. The van der Waals surface area contributed by atoms with Crippen LogP contribution < -0.4 is 0 Å². The van der Waals surface area contributed by atoms with Crippen LogP contribution in [0.15, 0.2) is 0 Å². The molecule has 4 aliphatic rings. The second kappa shape index (κ2) is 25.7. The molecule has 0 aliphatic carbocycles. The van der Waals surface area contributed by atoms with Crippen LogP contribution >= 0.6 is 0 Å². The van der Waals surface area contributed by atoms with Gasteiger partial charge in [-0.2, -0.15) is 0 Å². The molecule has 4 heterocycles. The molecule has 11 nitrogen and oxygen atoms in total. The molecule has 52 heavy (non-hydrogen) atoms. The number of carbonyl (C=O) groups is 2. The average Bonchev–Trinajstić information content (AvgIpc) is 3.16. The highest BCUT2D eigenvalue weighted by atomic mass is 16.5. The van der Waals surface area contributed by atoms with Gasteiger partial charge in [0.1, 0.15) is 13.2 Å². The van der Waals surface area contributed by atoms with E-state index in [0.717, 1.165) is 116 Å². The number of amides is 2. The number of ether oxygens (including phenoxy) is 4. The molecule has 4 aliphatic heterocycles. The Morgan fingerprint density at radius 1 is 0.538 bits per heavy atom. The van der Waals surface area contributed by atoms with E-state index in [1.807, 2.05) is 9.80 Å². The molecule has 0 unspecified atom stereocenters. The minimum atomic E-state index is 0.125. The van der Waals surface area contributed by atoms with Gasteiger partial charge in [-0.1, -0.05) is 27.2 Å². The van der Waals surface area contributed by atoms with Crippen molar-refractivity contribution >= 4 is 11.8 Å². The zero-order valence-electron chi connectivity index (χ0n) is 34.5. The van der Waals surface area contributed by atoms with Crippen molar-refractivity contribution < 1.29 is 28.5 Å². The Kier molecular flexibility index (Phi) is 22.3. The molecule has 0 N–H and O–H groups in total.